The average molecular weight is 364 g/mol. The maximum absolute atomic E-state index is 6.49. The van der Waals surface area contributed by atoms with Crippen LogP contribution in [0.2, 0.25) is 0 Å². The van der Waals surface area contributed by atoms with Crippen LogP contribution in [-0.4, -0.2) is 41.7 Å². The number of nitrogens with zero attached hydrogens (tertiary/aromatic N) is 1. The average Bonchev–Trinajstić information content (AvgIpc) is 3.36. The zero-order valence-corrected chi connectivity index (χ0v) is 16.5. The zero-order chi connectivity index (χ0) is 17.8. The third-order valence-corrected chi connectivity index (χ3v) is 6.69. The van der Waals surface area contributed by atoms with E-state index < -0.39 is 0 Å². The highest BCUT2D eigenvalue weighted by Gasteiger charge is 2.53. The summed E-state index contributed by atoms with van der Waals surface area (Å²) in [6.07, 6.45) is 21.5. The molecule has 4 fully saturated rings. The van der Waals surface area contributed by atoms with Gasteiger partial charge in [0.2, 0.25) is 0 Å². The van der Waals surface area contributed by atoms with Gasteiger partial charge in [0.25, 0.3) is 0 Å². The maximum atomic E-state index is 6.49. The molecular formula is C22H37NO3. The number of piperidine rings is 1. The van der Waals surface area contributed by atoms with E-state index in [4.69, 9.17) is 14.3 Å². The number of fused-ring (bicyclic) bond motifs is 2. The van der Waals surface area contributed by atoms with E-state index in [1.807, 2.05) is 0 Å². The summed E-state index contributed by atoms with van der Waals surface area (Å²) in [5, 5.41) is 2.24. The molecule has 4 rings (SSSR count). The molecular weight excluding hydrogens is 326 g/mol. The fourth-order valence-corrected chi connectivity index (χ4v) is 5.22. The second kappa shape index (κ2) is 8.72. The third-order valence-electron chi connectivity index (χ3n) is 6.69. The van der Waals surface area contributed by atoms with Crippen LogP contribution in [0.25, 0.3) is 0 Å². The Morgan fingerprint density at radius 2 is 1.88 bits per heavy atom. The van der Waals surface area contributed by atoms with Crippen molar-refractivity contribution in [2.24, 2.45) is 0 Å². The fourth-order valence-electron chi connectivity index (χ4n) is 5.22. The number of unbranched alkanes of at least 4 members (excludes halogenated alkanes) is 5. The number of allylic oxidation sites excluding steroid dienone is 1. The fraction of sp³-hybridized carbons (Fsp3) is 0.909. The first-order chi connectivity index (χ1) is 12.8. The van der Waals surface area contributed by atoms with Crippen LogP contribution in [0, 0.1) is 0 Å². The molecule has 5 atom stereocenters. The van der Waals surface area contributed by atoms with Gasteiger partial charge in [0, 0.05) is 12.8 Å². The summed E-state index contributed by atoms with van der Waals surface area (Å²) in [7, 11) is 0. The van der Waals surface area contributed by atoms with Gasteiger partial charge in [-0.1, -0.05) is 51.2 Å². The van der Waals surface area contributed by atoms with Gasteiger partial charge in [0.15, 0.2) is 5.79 Å². The van der Waals surface area contributed by atoms with Crippen molar-refractivity contribution < 1.29 is 14.3 Å². The van der Waals surface area contributed by atoms with Crippen molar-refractivity contribution in [3.63, 3.8) is 0 Å². The van der Waals surface area contributed by atoms with Crippen LogP contribution in [0.15, 0.2) is 12.2 Å². The van der Waals surface area contributed by atoms with Crippen molar-refractivity contribution in [2.75, 3.05) is 6.61 Å². The van der Waals surface area contributed by atoms with Gasteiger partial charge in [-0.05, 0) is 38.5 Å². The Morgan fingerprint density at radius 1 is 1.04 bits per heavy atom. The molecule has 1 spiro atoms. The van der Waals surface area contributed by atoms with E-state index in [2.05, 4.69) is 24.1 Å². The van der Waals surface area contributed by atoms with Gasteiger partial charge < -0.3 is 9.47 Å². The van der Waals surface area contributed by atoms with Crippen LogP contribution >= 0.6 is 0 Å². The van der Waals surface area contributed by atoms with Crippen LogP contribution in [-0.2, 0) is 14.3 Å². The largest absolute Gasteiger partial charge is 0.347 e. The highest BCUT2D eigenvalue weighted by molar-refractivity contribution is 5.05. The SMILES string of the molecule is CCCCCCC/C=C\[C@H]1C[C@@H]2C[C@@H]([C@H]3COC4(CCCCC4)O3)N1O2. The predicted molar refractivity (Wildman–Crippen MR) is 103 cm³/mol. The molecule has 0 aromatic heterocycles. The molecule has 148 valence electrons. The number of hydroxylamine groups is 2. The van der Waals surface area contributed by atoms with Crippen LogP contribution in [0.1, 0.15) is 90.4 Å². The second-order valence-corrected chi connectivity index (χ2v) is 8.76. The van der Waals surface area contributed by atoms with E-state index in [0.717, 1.165) is 32.3 Å². The molecule has 3 heterocycles. The van der Waals surface area contributed by atoms with Gasteiger partial charge in [0.05, 0.1) is 24.8 Å². The quantitative estimate of drug-likeness (QED) is 0.442. The molecule has 4 aliphatic rings. The first-order valence-corrected chi connectivity index (χ1v) is 11.2. The predicted octanol–water partition coefficient (Wildman–Crippen LogP) is 5.13. The standard InChI is InChI=1S/C22H37NO3/c1-2-3-4-5-6-7-9-12-18-15-19-16-20(23(18)26-19)21-17-24-22(25-21)13-10-8-11-14-22/h9,12,18-21H,2-8,10-11,13-17H2,1H3/b12-9-/t18-,19+,20-,21+/m0/s1. The second-order valence-electron chi connectivity index (χ2n) is 8.76. The van der Waals surface area contributed by atoms with E-state index in [1.54, 1.807) is 0 Å². The molecule has 26 heavy (non-hydrogen) atoms. The molecule has 1 saturated carbocycles. The lowest BCUT2D eigenvalue weighted by Gasteiger charge is -2.34. The zero-order valence-electron chi connectivity index (χ0n) is 16.5. The summed E-state index contributed by atoms with van der Waals surface area (Å²) < 4.78 is 12.7. The highest BCUT2D eigenvalue weighted by atomic mass is 16.8. The van der Waals surface area contributed by atoms with E-state index >= 15 is 0 Å². The lowest BCUT2D eigenvalue weighted by atomic mass is 9.93. The van der Waals surface area contributed by atoms with Gasteiger partial charge in [-0.3, -0.25) is 4.84 Å². The monoisotopic (exact) mass is 363 g/mol. The minimum atomic E-state index is -0.268. The van der Waals surface area contributed by atoms with Crippen molar-refractivity contribution >= 4 is 0 Å². The number of hydrogen-bond donors (Lipinski definition) is 0. The number of hydrogen-bond acceptors (Lipinski definition) is 4. The van der Waals surface area contributed by atoms with E-state index in [-0.39, 0.29) is 11.9 Å². The Morgan fingerprint density at radius 3 is 2.69 bits per heavy atom. The molecule has 0 radical (unpaired) electrons. The molecule has 0 aromatic carbocycles. The Balaban J connectivity index is 1.25. The topological polar surface area (TPSA) is 30.9 Å². The molecule has 1 unspecified atom stereocenters. The minimum Gasteiger partial charge on any atom is -0.347 e. The van der Waals surface area contributed by atoms with Crippen molar-refractivity contribution in [3.05, 3.63) is 12.2 Å². The van der Waals surface area contributed by atoms with Gasteiger partial charge >= 0.3 is 0 Å². The van der Waals surface area contributed by atoms with Gasteiger partial charge in [-0.25, -0.2) is 0 Å². The summed E-state index contributed by atoms with van der Waals surface area (Å²) in [5.41, 5.74) is 0. The van der Waals surface area contributed by atoms with E-state index in [9.17, 15) is 0 Å². The minimum absolute atomic E-state index is 0.184. The van der Waals surface area contributed by atoms with Crippen LogP contribution in [0.3, 0.4) is 0 Å². The molecule has 0 aromatic rings. The molecule has 1 aliphatic carbocycles. The van der Waals surface area contributed by atoms with Gasteiger partial charge in [-0.2, -0.15) is 5.06 Å². The summed E-state index contributed by atoms with van der Waals surface area (Å²) in [4.78, 5) is 6.14. The normalized spacial score (nSPS) is 38.7. The van der Waals surface area contributed by atoms with Crippen molar-refractivity contribution in [2.45, 2.75) is 120 Å². The molecule has 3 saturated heterocycles. The molecule has 4 nitrogen and oxygen atoms in total. The summed E-state index contributed by atoms with van der Waals surface area (Å²) in [6, 6.07) is 0.801. The van der Waals surface area contributed by atoms with Crippen LogP contribution in [0.5, 0.6) is 0 Å². The Bertz CT molecular complexity index is 474. The molecule has 4 heteroatoms. The van der Waals surface area contributed by atoms with Crippen molar-refractivity contribution in [1.82, 2.24) is 5.06 Å². The Labute approximate surface area is 159 Å². The molecule has 3 aliphatic heterocycles. The molecule has 0 amide bonds. The first-order valence-electron chi connectivity index (χ1n) is 11.2. The van der Waals surface area contributed by atoms with Gasteiger partial charge in [0.1, 0.15) is 6.10 Å². The third kappa shape index (κ3) is 4.19. The van der Waals surface area contributed by atoms with Crippen molar-refractivity contribution in [3.8, 4) is 0 Å². The van der Waals surface area contributed by atoms with E-state index in [1.165, 1.54) is 57.8 Å². The molecule has 0 N–H and O–H groups in total. The number of rotatable bonds is 8. The highest BCUT2D eigenvalue weighted by Crippen LogP contribution is 2.44. The maximum Gasteiger partial charge on any atom is 0.168 e. The Hall–Kier alpha value is -0.420. The summed E-state index contributed by atoms with van der Waals surface area (Å²) in [5.74, 6) is -0.268. The van der Waals surface area contributed by atoms with Crippen LogP contribution in [0.4, 0.5) is 0 Å². The lowest BCUT2D eigenvalue weighted by Crippen LogP contribution is -2.46. The smallest absolute Gasteiger partial charge is 0.168 e. The van der Waals surface area contributed by atoms with Crippen LogP contribution < -0.4 is 0 Å². The summed E-state index contributed by atoms with van der Waals surface area (Å²) in [6.45, 7) is 3.01. The number of ether oxygens (including phenoxy) is 2. The Kier molecular flexibility index (Phi) is 6.35. The van der Waals surface area contributed by atoms with Gasteiger partial charge in [-0.15, -0.1) is 0 Å². The lowest BCUT2D eigenvalue weighted by molar-refractivity contribution is -0.203. The van der Waals surface area contributed by atoms with Crippen molar-refractivity contribution in [1.29, 1.82) is 0 Å². The first kappa shape index (κ1) is 18.9. The summed E-state index contributed by atoms with van der Waals surface area (Å²) >= 11 is 0. The molecule has 2 bridgehead atoms. The van der Waals surface area contributed by atoms with E-state index in [0.29, 0.717) is 18.2 Å².